The molecular weight excluding hydrogens is 333 g/mol. The second kappa shape index (κ2) is 9.10. The van der Waals surface area contributed by atoms with Crippen molar-refractivity contribution in [2.45, 2.75) is 6.04 Å². The highest BCUT2D eigenvalue weighted by atomic mass is 19.1. The first-order chi connectivity index (χ1) is 12.4. The Morgan fingerprint density at radius 3 is 2.35 bits per heavy atom. The van der Waals surface area contributed by atoms with E-state index in [1.165, 1.54) is 17.0 Å². The van der Waals surface area contributed by atoms with Crippen LogP contribution >= 0.6 is 0 Å². The summed E-state index contributed by atoms with van der Waals surface area (Å²) < 4.78 is 13.5. The predicted molar refractivity (Wildman–Crippen MR) is 99.2 cm³/mol. The lowest BCUT2D eigenvalue weighted by atomic mass is 10.1. The smallest absolute Gasteiger partial charge is 0.254 e. The van der Waals surface area contributed by atoms with E-state index in [0.29, 0.717) is 12.1 Å². The number of hydrogen-bond donors (Lipinski definition) is 1. The summed E-state index contributed by atoms with van der Waals surface area (Å²) in [6.07, 6.45) is 0. The van der Waals surface area contributed by atoms with E-state index in [1.807, 2.05) is 31.1 Å². The van der Waals surface area contributed by atoms with Crippen molar-refractivity contribution >= 4 is 11.8 Å². The van der Waals surface area contributed by atoms with Gasteiger partial charge in [0.2, 0.25) is 5.91 Å². The number of halogens is 1. The second-order valence-corrected chi connectivity index (χ2v) is 6.37. The molecule has 2 amide bonds. The Kier molecular flexibility index (Phi) is 6.86. The van der Waals surface area contributed by atoms with E-state index in [9.17, 15) is 14.0 Å². The minimum atomic E-state index is -0.311. The average molecular weight is 357 g/mol. The zero-order valence-electron chi connectivity index (χ0n) is 15.3. The van der Waals surface area contributed by atoms with Crippen LogP contribution in [0.1, 0.15) is 22.0 Å². The van der Waals surface area contributed by atoms with Crippen molar-refractivity contribution in [1.82, 2.24) is 15.1 Å². The third-order valence-electron chi connectivity index (χ3n) is 4.10. The van der Waals surface area contributed by atoms with Gasteiger partial charge in [-0.2, -0.15) is 0 Å². The SMILES string of the molecule is CN(CC(=O)NCC(c1cccc(F)c1)N(C)C)C(=O)c1ccccc1. The zero-order valence-corrected chi connectivity index (χ0v) is 15.3. The Morgan fingerprint density at radius 1 is 1.04 bits per heavy atom. The molecule has 0 aliphatic rings. The molecule has 0 bridgehead atoms. The Hall–Kier alpha value is -2.73. The van der Waals surface area contributed by atoms with Crippen LogP contribution in [0.15, 0.2) is 54.6 Å². The van der Waals surface area contributed by atoms with Crippen molar-refractivity contribution in [3.8, 4) is 0 Å². The molecule has 0 aliphatic carbocycles. The van der Waals surface area contributed by atoms with Crippen LogP contribution in [0.4, 0.5) is 4.39 Å². The lowest BCUT2D eigenvalue weighted by Gasteiger charge is -2.25. The summed E-state index contributed by atoms with van der Waals surface area (Å²) in [7, 11) is 5.32. The number of benzene rings is 2. The van der Waals surface area contributed by atoms with Crippen molar-refractivity contribution in [2.75, 3.05) is 34.2 Å². The van der Waals surface area contributed by atoms with E-state index < -0.39 is 0 Å². The quantitative estimate of drug-likeness (QED) is 0.827. The van der Waals surface area contributed by atoms with Crippen LogP contribution < -0.4 is 5.32 Å². The first-order valence-corrected chi connectivity index (χ1v) is 8.37. The number of nitrogens with zero attached hydrogens (tertiary/aromatic N) is 2. The van der Waals surface area contributed by atoms with E-state index in [-0.39, 0.29) is 30.2 Å². The minimum absolute atomic E-state index is 0.0446. The molecule has 0 spiro atoms. The van der Waals surface area contributed by atoms with Crippen LogP contribution in [0.25, 0.3) is 0 Å². The Labute approximate surface area is 153 Å². The maximum absolute atomic E-state index is 13.5. The topological polar surface area (TPSA) is 52.7 Å². The van der Waals surface area contributed by atoms with Crippen molar-refractivity contribution < 1.29 is 14.0 Å². The standard InChI is InChI=1S/C20H24FN3O2/c1-23(2)18(16-10-7-11-17(21)12-16)13-22-19(25)14-24(3)20(26)15-8-5-4-6-9-15/h4-12,18H,13-14H2,1-3H3,(H,22,25). The highest BCUT2D eigenvalue weighted by Crippen LogP contribution is 2.18. The van der Waals surface area contributed by atoms with E-state index in [4.69, 9.17) is 0 Å². The Morgan fingerprint density at radius 2 is 1.73 bits per heavy atom. The molecule has 2 rings (SSSR count). The van der Waals surface area contributed by atoms with E-state index in [1.54, 1.807) is 37.4 Å². The summed E-state index contributed by atoms with van der Waals surface area (Å²) in [5, 5.41) is 2.82. The molecule has 26 heavy (non-hydrogen) atoms. The molecule has 0 saturated carbocycles. The van der Waals surface area contributed by atoms with Gasteiger partial charge in [0.1, 0.15) is 5.82 Å². The first kappa shape index (κ1) is 19.6. The first-order valence-electron chi connectivity index (χ1n) is 8.37. The molecule has 6 heteroatoms. The van der Waals surface area contributed by atoms with E-state index in [0.717, 1.165) is 5.56 Å². The van der Waals surface area contributed by atoms with Crippen LogP contribution in [0.5, 0.6) is 0 Å². The largest absolute Gasteiger partial charge is 0.353 e. The summed E-state index contributed by atoms with van der Waals surface area (Å²) in [6, 6.07) is 15.0. The summed E-state index contributed by atoms with van der Waals surface area (Å²) in [5.74, 6) is -0.788. The number of likely N-dealkylation sites (N-methyl/N-ethyl adjacent to an activating group) is 2. The molecule has 1 N–H and O–H groups in total. The third kappa shape index (κ3) is 5.39. The fraction of sp³-hybridized carbons (Fsp3) is 0.300. The van der Waals surface area contributed by atoms with Crippen LogP contribution in [0.2, 0.25) is 0 Å². The van der Waals surface area contributed by atoms with Gasteiger partial charge in [-0.15, -0.1) is 0 Å². The molecule has 0 aliphatic heterocycles. The average Bonchev–Trinajstić information content (AvgIpc) is 2.61. The second-order valence-electron chi connectivity index (χ2n) is 6.37. The van der Waals surface area contributed by atoms with Gasteiger partial charge in [0.05, 0.1) is 12.6 Å². The summed E-state index contributed by atoms with van der Waals surface area (Å²) in [4.78, 5) is 27.8. The Balaban J connectivity index is 1.93. The molecule has 0 fully saturated rings. The van der Waals surface area contributed by atoms with Gasteiger partial charge in [-0.05, 0) is 43.9 Å². The molecule has 2 aromatic rings. The molecule has 1 atom stereocenters. The van der Waals surface area contributed by atoms with Crippen LogP contribution in [0.3, 0.4) is 0 Å². The monoisotopic (exact) mass is 357 g/mol. The predicted octanol–water partition coefficient (Wildman–Crippen LogP) is 2.32. The molecule has 138 valence electrons. The number of carbonyl (C=O) groups is 2. The summed E-state index contributed by atoms with van der Waals surface area (Å²) in [5.41, 5.74) is 1.32. The molecule has 2 aromatic carbocycles. The van der Waals surface area contributed by atoms with Gasteiger partial charge in [0, 0.05) is 19.2 Å². The molecule has 0 aromatic heterocycles. The highest BCUT2D eigenvalue weighted by molar-refractivity contribution is 5.96. The maximum atomic E-state index is 13.5. The summed E-state index contributed by atoms with van der Waals surface area (Å²) in [6.45, 7) is 0.277. The summed E-state index contributed by atoms with van der Waals surface area (Å²) >= 11 is 0. The molecular formula is C20H24FN3O2. The fourth-order valence-corrected chi connectivity index (χ4v) is 2.67. The van der Waals surface area contributed by atoms with Crippen LogP contribution in [0, 0.1) is 5.82 Å². The maximum Gasteiger partial charge on any atom is 0.254 e. The normalized spacial score (nSPS) is 11.9. The minimum Gasteiger partial charge on any atom is -0.353 e. The van der Waals surface area contributed by atoms with Gasteiger partial charge in [0.15, 0.2) is 0 Å². The van der Waals surface area contributed by atoms with Gasteiger partial charge in [-0.3, -0.25) is 9.59 Å². The van der Waals surface area contributed by atoms with Crippen molar-refractivity contribution in [1.29, 1.82) is 0 Å². The molecule has 0 heterocycles. The number of rotatable bonds is 7. The van der Waals surface area contributed by atoms with Gasteiger partial charge >= 0.3 is 0 Å². The van der Waals surface area contributed by atoms with E-state index >= 15 is 0 Å². The van der Waals surface area contributed by atoms with E-state index in [2.05, 4.69) is 5.32 Å². The lowest BCUT2D eigenvalue weighted by molar-refractivity contribution is -0.121. The molecule has 1 unspecified atom stereocenters. The van der Waals surface area contributed by atoms with Crippen molar-refractivity contribution in [2.24, 2.45) is 0 Å². The Bertz CT molecular complexity index is 750. The van der Waals surface area contributed by atoms with Gasteiger partial charge < -0.3 is 15.1 Å². The fourth-order valence-electron chi connectivity index (χ4n) is 2.67. The number of amides is 2. The molecule has 0 saturated heterocycles. The number of hydrogen-bond acceptors (Lipinski definition) is 3. The van der Waals surface area contributed by atoms with Gasteiger partial charge in [-0.25, -0.2) is 4.39 Å². The third-order valence-corrected chi connectivity index (χ3v) is 4.10. The molecule has 5 nitrogen and oxygen atoms in total. The van der Waals surface area contributed by atoms with Crippen LogP contribution in [-0.2, 0) is 4.79 Å². The number of nitrogens with one attached hydrogen (secondary N) is 1. The van der Waals surface area contributed by atoms with Gasteiger partial charge in [-0.1, -0.05) is 30.3 Å². The number of carbonyl (C=O) groups excluding carboxylic acids is 2. The highest BCUT2D eigenvalue weighted by Gasteiger charge is 2.18. The van der Waals surface area contributed by atoms with Crippen molar-refractivity contribution in [3.05, 3.63) is 71.5 Å². The van der Waals surface area contributed by atoms with Gasteiger partial charge in [0.25, 0.3) is 5.91 Å². The van der Waals surface area contributed by atoms with Crippen LogP contribution in [-0.4, -0.2) is 55.8 Å². The zero-order chi connectivity index (χ0) is 19.1. The van der Waals surface area contributed by atoms with Crippen molar-refractivity contribution in [3.63, 3.8) is 0 Å². The molecule has 0 radical (unpaired) electrons. The lowest BCUT2D eigenvalue weighted by Crippen LogP contribution is -2.41.